The van der Waals surface area contributed by atoms with E-state index in [9.17, 15) is 4.79 Å². The minimum absolute atomic E-state index is 0.253. The number of aromatic amines is 1. The molecule has 0 fully saturated rings. The summed E-state index contributed by atoms with van der Waals surface area (Å²) >= 11 is 0. The number of nitrogens with zero attached hydrogens (tertiary/aromatic N) is 1. The molecule has 5 nitrogen and oxygen atoms in total. The zero-order chi connectivity index (χ0) is 18.1. The Bertz CT molecular complexity index is 1040. The summed E-state index contributed by atoms with van der Waals surface area (Å²) in [6, 6.07) is 17.9. The number of H-pyrrole nitrogens is 1. The molecule has 2 heterocycles. The Morgan fingerprint density at radius 2 is 1.85 bits per heavy atom. The summed E-state index contributed by atoms with van der Waals surface area (Å²) in [5, 5.41) is 10.8. The largest absolute Gasteiger partial charge is 0.459 e. The van der Waals surface area contributed by atoms with E-state index in [-0.39, 0.29) is 11.7 Å². The summed E-state index contributed by atoms with van der Waals surface area (Å²) in [6.45, 7) is 4.37. The zero-order valence-electron chi connectivity index (χ0n) is 14.6. The quantitative estimate of drug-likeness (QED) is 0.534. The van der Waals surface area contributed by atoms with E-state index in [4.69, 9.17) is 4.42 Å². The van der Waals surface area contributed by atoms with Crippen molar-refractivity contribution in [2.24, 2.45) is 0 Å². The van der Waals surface area contributed by atoms with Gasteiger partial charge in [-0.3, -0.25) is 9.89 Å². The van der Waals surface area contributed by atoms with Crippen LogP contribution >= 0.6 is 0 Å². The van der Waals surface area contributed by atoms with Crippen LogP contribution in [0, 0.1) is 0 Å². The van der Waals surface area contributed by atoms with Crippen LogP contribution < -0.4 is 5.32 Å². The number of amides is 1. The molecule has 4 aromatic rings. The van der Waals surface area contributed by atoms with Gasteiger partial charge in [-0.1, -0.05) is 44.2 Å². The van der Waals surface area contributed by atoms with Gasteiger partial charge in [0.2, 0.25) is 0 Å². The first-order valence-electron chi connectivity index (χ1n) is 8.55. The van der Waals surface area contributed by atoms with Gasteiger partial charge in [-0.15, -0.1) is 0 Å². The van der Waals surface area contributed by atoms with Crippen LogP contribution in [0.4, 0.5) is 5.82 Å². The van der Waals surface area contributed by atoms with E-state index in [2.05, 4.69) is 53.6 Å². The van der Waals surface area contributed by atoms with Crippen molar-refractivity contribution in [3.05, 3.63) is 72.2 Å². The second kappa shape index (κ2) is 6.52. The molecule has 0 radical (unpaired) electrons. The van der Waals surface area contributed by atoms with Gasteiger partial charge >= 0.3 is 0 Å². The molecule has 0 spiro atoms. The summed E-state index contributed by atoms with van der Waals surface area (Å²) in [7, 11) is 0. The number of fused-ring (bicyclic) bond motifs is 1. The van der Waals surface area contributed by atoms with Crippen molar-refractivity contribution in [1.29, 1.82) is 0 Å². The summed E-state index contributed by atoms with van der Waals surface area (Å²) in [5.41, 5.74) is 4.43. The molecule has 0 bridgehead atoms. The second-order valence-electron chi connectivity index (χ2n) is 6.54. The molecule has 0 aliphatic heterocycles. The third-order valence-corrected chi connectivity index (χ3v) is 4.45. The lowest BCUT2D eigenvalue weighted by Crippen LogP contribution is -2.11. The second-order valence-corrected chi connectivity index (χ2v) is 6.54. The number of hydrogen-bond donors (Lipinski definition) is 2. The van der Waals surface area contributed by atoms with Crippen LogP contribution in [0.5, 0.6) is 0 Å². The van der Waals surface area contributed by atoms with E-state index >= 15 is 0 Å². The van der Waals surface area contributed by atoms with Gasteiger partial charge in [-0.05, 0) is 46.9 Å². The molecule has 0 atom stereocenters. The number of benzene rings is 2. The summed E-state index contributed by atoms with van der Waals surface area (Å²) < 4.78 is 5.11. The third kappa shape index (κ3) is 2.99. The number of nitrogens with one attached hydrogen (secondary N) is 2. The van der Waals surface area contributed by atoms with Gasteiger partial charge in [0, 0.05) is 5.39 Å². The Kier molecular flexibility index (Phi) is 4.05. The topological polar surface area (TPSA) is 70.9 Å². The fraction of sp³-hybridized carbons (Fsp3) is 0.143. The smallest absolute Gasteiger partial charge is 0.292 e. The van der Waals surface area contributed by atoms with Crippen molar-refractivity contribution in [3.8, 4) is 11.1 Å². The van der Waals surface area contributed by atoms with Gasteiger partial charge in [0.25, 0.3) is 5.91 Å². The highest BCUT2D eigenvalue weighted by Crippen LogP contribution is 2.28. The van der Waals surface area contributed by atoms with Crippen LogP contribution in [0.15, 0.2) is 65.3 Å². The number of carbonyl (C=O) groups is 1. The normalized spacial score (nSPS) is 11.2. The first-order valence-corrected chi connectivity index (χ1v) is 8.55. The molecular formula is C21H19N3O2. The van der Waals surface area contributed by atoms with Crippen molar-refractivity contribution in [2.75, 3.05) is 5.32 Å². The fourth-order valence-electron chi connectivity index (χ4n) is 2.93. The third-order valence-electron chi connectivity index (χ3n) is 4.45. The molecule has 26 heavy (non-hydrogen) atoms. The minimum atomic E-state index is -0.322. The molecule has 2 aromatic carbocycles. The number of anilines is 1. The SMILES string of the molecule is CC(C)c1ccc(-c2ccc3c(NC(=O)c4ccco4)n[nH]c3c2)cc1. The Morgan fingerprint density at radius 3 is 2.54 bits per heavy atom. The van der Waals surface area contributed by atoms with Crippen molar-refractivity contribution >= 4 is 22.6 Å². The maximum Gasteiger partial charge on any atom is 0.292 e. The average Bonchev–Trinajstić information content (AvgIpc) is 3.32. The summed E-state index contributed by atoms with van der Waals surface area (Å²) in [5.74, 6) is 0.933. The number of rotatable bonds is 4. The molecule has 0 aliphatic carbocycles. The standard InChI is InChI=1S/C21H19N3O2/c1-13(2)14-5-7-15(8-6-14)16-9-10-17-18(12-16)23-24-20(17)22-21(25)19-4-3-11-26-19/h3-13H,1-2H3,(H2,22,23,24,25). The maximum atomic E-state index is 12.1. The lowest BCUT2D eigenvalue weighted by atomic mass is 9.98. The van der Waals surface area contributed by atoms with Crippen molar-refractivity contribution in [2.45, 2.75) is 19.8 Å². The number of hydrogen-bond acceptors (Lipinski definition) is 3. The Balaban J connectivity index is 1.62. The molecular weight excluding hydrogens is 326 g/mol. The van der Waals surface area contributed by atoms with Crippen LogP contribution in [-0.2, 0) is 0 Å². The molecule has 1 amide bonds. The van der Waals surface area contributed by atoms with Gasteiger partial charge in [-0.2, -0.15) is 5.10 Å². The van der Waals surface area contributed by atoms with Gasteiger partial charge in [0.1, 0.15) is 0 Å². The molecule has 0 unspecified atom stereocenters. The van der Waals surface area contributed by atoms with Crippen molar-refractivity contribution in [3.63, 3.8) is 0 Å². The number of carbonyl (C=O) groups excluding carboxylic acids is 1. The summed E-state index contributed by atoms with van der Waals surface area (Å²) in [6.07, 6.45) is 1.47. The first kappa shape index (κ1) is 16.1. The van der Waals surface area contributed by atoms with Crippen LogP contribution in [0.25, 0.3) is 22.0 Å². The number of furan rings is 1. The highest BCUT2D eigenvalue weighted by Gasteiger charge is 2.13. The highest BCUT2D eigenvalue weighted by molar-refractivity contribution is 6.06. The van der Waals surface area contributed by atoms with Crippen LogP contribution in [0.3, 0.4) is 0 Å². The van der Waals surface area contributed by atoms with Crippen LogP contribution in [0.2, 0.25) is 0 Å². The van der Waals surface area contributed by atoms with E-state index in [1.54, 1.807) is 12.1 Å². The van der Waals surface area contributed by atoms with Gasteiger partial charge in [0.15, 0.2) is 11.6 Å². The van der Waals surface area contributed by atoms with Crippen LogP contribution in [-0.4, -0.2) is 16.1 Å². The van der Waals surface area contributed by atoms with Gasteiger partial charge < -0.3 is 9.73 Å². The molecule has 0 saturated heterocycles. The molecule has 2 aromatic heterocycles. The predicted molar refractivity (Wildman–Crippen MR) is 102 cm³/mol. The number of aromatic nitrogens is 2. The summed E-state index contributed by atoms with van der Waals surface area (Å²) in [4.78, 5) is 12.1. The van der Waals surface area contributed by atoms with Gasteiger partial charge in [0.05, 0.1) is 11.8 Å². The monoisotopic (exact) mass is 345 g/mol. The van der Waals surface area contributed by atoms with Crippen molar-refractivity contribution < 1.29 is 9.21 Å². The Hall–Kier alpha value is -3.34. The van der Waals surface area contributed by atoms with Crippen molar-refractivity contribution in [1.82, 2.24) is 10.2 Å². The maximum absolute atomic E-state index is 12.1. The highest BCUT2D eigenvalue weighted by atomic mass is 16.3. The molecule has 0 saturated carbocycles. The Morgan fingerprint density at radius 1 is 1.08 bits per heavy atom. The molecule has 4 rings (SSSR count). The van der Waals surface area contributed by atoms with Crippen LogP contribution in [0.1, 0.15) is 35.9 Å². The molecule has 2 N–H and O–H groups in total. The zero-order valence-corrected chi connectivity index (χ0v) is 14.6. The van der Waals surface area contributed by atoms with E-state index in [1.807, 2.05) is 18.2 Å². The van der Waals surface area contributed by atoms with E-state index in [0.29, 0.717) is 11.7 Å². The van der Waals surface area contributed by atoms with Gasteiger partial charge in [-0.25, -0.2) is 0 Å². The van der Waals surface area contributed by atoms with E-state index in [0.717, 1.165) is 22.0 Å². The van der Waals surface area contributed by atoms with E-state index < -0.39 is 0 Å². The lowest BCUT2D eigenvalue weighted by molar-refractivity contribution is 0.0996. The first-order chi connectivity index (χ1) is 12.6. The molecule has 130 valence electrons. The average molecular weight is 345 g/mol. The lowest BCUT2D eigenvalue weighted by Gasteiger charge is -2.07. The molecule has 5 heteroatoms. The van der Waals surface area contributed by atoms with E-state index in [1.165, 1.54) is 11.8 Å². The molecule has 0 aliphatic rings. The fourth-order valence-corrected chi connectivity index (χ4v) is 2.93. The Labute approximate surface area is 151 Å². The minimum Gasteiger partial charge on any atom is -0.459 e. The predicted octanol–water partition coefficient (Wildman–Crippen LogP) is 5.20.